The highest BCUT2D eigenvalue weighted by Crippen LogP contribution is 2.22. The Hall–Kier alpha value is -1.85. The van der Waals surface area contributed by atoms with Crippen LogP contribution < -0.4 is 15.4 Å². The van der Waals surface area contributed by atoms with Crippen molar-refractivity contribution >= 4 is 29.2 Å². The van der Waals surface area contributed by atoms with Crippen LogP contribution in [0.15, 0.2) is 36.5 Å². The van der Waals surface area contributed by atoms with Gasteiger partial charge in [0.2, 0.25) is 5.91 Å². The van der Waals surface area contributed by atoms with Crippen molar-refractivity contribution in [1.29, 1.82) is 0 Å². The second-order valence-electron chi connectivity index (χ2n) is 5.59. The van der Waals surface area contributed by atoms with Gasteiger partial charge in [0.15, 0.2) is 0 Å². The van der Waals surface area contributed by atoms with E-state index in [1.165, 1.54) is 0 Å². The Morgan fingerprint density at radius 3 is 3.04 bits per heavy atom. The van der Waals surface area contributed by atoms with Crippen molar-refractivity contribution in [3.05, 3.63) is 36.5 Å². The highest BCUT2D eigenvalue weighted by molar-refractivity contribution is 5.85. The van der Waals surface area contributed by atoms with Crippen molar-refractivity contribution in [2.24, 2.45) is 5.92 Å². The van der Waals surface area contributed by atoms with Crippen molar-refractivity contribution in [2.45, 2.75) is 12.8 Å². The minimum atomic E-state index is 0. The molecule has 1 saturated heterocycles. The molecule has 1 aromatic heterocycles. The van der Waals surface area contributed by atoms with Gasteiger partial charge in [0.1, 0.15) is 17.9 Å². The minimum absolute atomic E-state index is 0. The molecular formula is C17H22ClN3O2. The molecule has 1 aromatic carbocycles. The van der Waals surface area contributed by atoms with Crippen LogP contribution in [0.4, 0.5) is 0 Å². The summed E-state index contributed by atoms with van der Waals surface area (Å²) in [6, 6.07) is 9.77. The number of benzene rings is 1. The van der Waals surface area contributed by atoms with E-state index in [1.807, 2.05) is 30.3 Å². The van der Waals surface area contributed by atoms with Gasteiger partial charge >= 0.3 is 0 Å². The summed E-state index contributed by atoms with van der Waals surface area (Å²) in [5.74, 6) is 1.34. The largest absolute Gasteiger partial charge is 0.489 e. The summed E-state index contributed by atoms with van der Waals surface area (Å²) in [6.45, 7) is 2.94. The van der Waals surface area contributed by atoms with E-state index in [0.717, 1.165) is 36.2 Å². The first-order valence-electron chi connectivity index (χ1n) is 7.77. The van der Waals surface area contributed by atoms with Gasteiger partial charge in [-0.25, -0.2) is 0 Å². The van der Waals surface area contributed by atoms with E-state index in [-0.39, 0.29) is 18.3 Å². The molecule has 1 aliphatic rings. The SMILES string of the molecule is Cl.O=C(CC1CCNC1)NCCOc1cccc2cccnc12. The third-order valence-electron chi connectivity index (χ3n) is 3.91. The number of para-hydroxylation sites is 1. The average Bonchev–Trinajstić information content (AvgIpc) is 3.04. The van der Waals surface area contributed by atoms with Crippen LogP contribution in [0.2, 0.25) is 0 Å². The summed E-state index contributed by atoms with van der Waals surface area (Å²) in [6.07, 6.45) is 3.45. The number of nitrogens with one attached hydrogen (secondary N) is 2. The molecule has 124 valence electrons. The monoisotopic (exact) mass is 335 g/mol. The lowest BCUT2D eigenvalue weighted by Gasteiger charge is -2.11. The molecule has 1 unspecified atom stereocenters. The van der Waals surface area contributed by atoms with Crippen LogP contribution in [0.1, 0.15) is 12.8 Å². The number of nitrogens with zero attached hydrogens (tertiary/aromatic N) is 1. The predicted octanol–water partition coefficient (Wildman–Crippen LogP) is 2.15. The summed E-state index contributed by atoms with van der Waals surface area (Å²) >= 11 is 0. The Bertz CT molecular complexity index is 639. The summed E-state index contributed by atoms with van der Waals surface area (Å²) < 4.78 is 5.75. The number of halogens is 1. The molecule has 0 saturated carbocycles. The first-order valence-corrected chi connectivity index (χ1v) is 7.77. The molecule has 6 heteroatoms. The summed E-state index contributed by atoms with van der Waals surface area (Å²) in [5, 5.41) is 7.24. The van der Waals surface area contributed by atoms with Gasteiger partial charge in [0.05, 0.1) is 6.54 Å². The molecule has 1 fully saturated rings. The van der Waals surface area contributed by atoms with Crippen molar-refractivity contribution < 1.29 is 9.53 Å². The predicted molar refractivity (Wildman–Crippen MR) is 93.1 cm³/mol. The van der Waals surface area contributed by atoms with Gasteiger partial charge in [-0.2, -0.15) is 0 Å². The fraction of sp³-hybridized carbons (Fsp3) is 0.412. The van der Waals surface area contributed by atoms with Gasteiger partial charge in [-0.05, 0) is 37.6 Å². The molecule has 23 heavy (non-hydrogen) atoms. The van der Waals surface area contributed by atoms with Crippen LogP contribution in [-0.4, -0.2) is 37.1 Å². The second-order valence-corrected chi connectivity index (χ2v) is 5.59. The van der Waals surface area contributed by atoms with Crippen LogP contribution in [0.5, 0.6) is 5.75 Å². The number of ether oxygens (including phenoxy) is 1. The third-order valence-corrected chi connectivity index (χ3v) is 3.91. The fourth-order valence-corrected chi connectivity index (χ4v) is 2.77. The zero-order chi connectivity index (χ0) is 15.2. The molecular weight excluding hydrogens is 314 g/mol. The zero-order valence-corrected chi connectivity index (χ0v) is 13.8. The Balaban J connectivity index is 0.00000192. The number of carbonyl (C=O) groups excluding carboxylic acids is 1. The molecule has 3 rings (SSSR count). The Morgan fingerprint density at radius 1 is 1.35 bits per heavy atom. The molecule has 0 aliphatic carbocycles. The van der Waals surface area contributed by atoms with E-state index in [2.05, 4.69) is 15.6 Å². The average molecular weight is 336 g/mol. The maximum Gasteiger partial charge on any atom is 0.220 e. The normalized spacial score (nSPS) is 16.8. The summed E-state index contributed by atoms with van der Waals surface area (Å²) in [7, 11) is 0. The number of hydrogen-bond donors (Lipinski definition) is 2. The fourth-order valence-electron chi connectivity index (χ4n) is 2.77. The van der Waals surface area contributed by atoms with Crippen LogP contribution in [-0.2, 0) is 4.79 Å². The van der Waals surface area contributed by atoms with Crippen LogP contribution in [0, 0.1) is 5.92 Å². The lowest BCUT2D eigenvalue weighted by Crippen LogP contribution is -2.30. The quantitative estimate of drug-likeness (QED) is 0.794. The van der Waals surface area contributed by atoms with E-state index in [0.29, 0.717) is 25.5 Å². The van der Waals surface area contributed by atoms with E-state index >= 15 is 0 Å². The van der Waals surface area contributed by atoms with E-state index in [4.69, 9.17) is 4.74 Å². The highest BCUT2D eigenvalue weighted by Gasteiger charge is 2.17. The van der Waals surface area contributed by atoms with Gasteiger partial charge in [0.25, 0.3) is 0 Å². The van der Waals surface area contributed by atoms with E-state index < -0.39 is 0 Å². The maximum absolute atomic E-state index is 11.8. The molecule has 0 bridgehead atoms. The Morgan fingerprint density at radius 2 is 2.22 bits per heavy atom. The van der Waals surface area contributed by atoms with Crippen molar-refractivity contribution in [1.82, 2.24) is 15.6 Å². The standard InChI is InChI=1S/C17H21N3O2.ClH/c21-16(11-13-6-8-18-12-13)19-9-10-22-15-5-1-3-14-4-2-7-20-17(14)15;/h1-5,7,13,18H,6,8-12H2,(H,19,21);1H. The number of amides is 1. The Labute approximate surface area is 142 Å². The molecule has 2 heterocycles. The lowest BCUT2D eigenvalue weighted by molar-refractivity contribution is -0.122. The van der Waals surface area contributed by atoms with Gasteiger partial charge in [-0.15, -0.1) is 12.4 Å². The van der Waals surface area contributed by atoms with Crippen LogP contribution in [0.25, 0.3) is 10.9 Å². The number of pyridine rings is 1. The molecule has 0 spiro atoms. The molecule has 1 amide bonds. The smallest absolute Gasteiger partial charge is 0.220 e. The number of carbonyl (C=O) groups is 1. The van der Waals surface area contributed by atoms with Crippen LogP contribution in [0.3, 0.4) is 0 Å². The van der Waals surface area contributed by atoms with Gasteiger partial charge in [0, 0.05) is 18.0 Å². The number of fused-ring (bicyclic) bond motifs is 1. The van der Waals surface area contributed by atoms with Crippen molar-refractivity contribution in [3.8, 4) is 5.75 Å². The third kappa shape index (κ3) is 4.81. The topological polar surface area (TPSA) is 63.2 Å². The second kappa shape index (κ2) is 8.70. The molecule has 1 aliphatic heterocycles. The summed E-state index contributed by atoms with van der Waals surface area (Å²) in [4.78, 5) is 16.2. The first-order chi connectivity index (χ1) is 10.8. The van der Waals surface area contributed by atoms with Crippen molar-refractivity contribution in [3.63, 3.8) is 0 Å². The number of aromatic nitrogens is 1. The zero-order valence-electron chi connectivity index (χ0n) is 13.0. The lowest BCUT2D eigenvalue weighted by atomic mass is 10.0. The van der Waals surface area contributed by atoms with Gasteiger partial charge in [-0.3, -0.25) is 9.78 Å². The first kappa shape index (κ1) is 17.5. The highest BCUT2D eigenvalue weighted by atomic mass is 35.5. The van der Waals surface area contributed by atoms with Gasteiger partial charge in [-0.1, -0.05) is 18.2 Å². The molecule has 0 radical (unpaired) electrons. The minimum Gasteiger partial charge on any atom is -0.489 e. The summed E-state index contributed by atoms with van der Waals surface area (Å²) in [5.41, 5.74) is 0.855. The number of hydrogen-bond acceptors (Lipinski definition) is 4. The van der Waals surface area contributed by atoms with Crippen molar-refractivity contribution in [2.75, 3.05) is 26.2 Å². The van der Waals surface area contributed by atoms with E-state index in [9.17, 15) is 4.79 Å². The molecule has 2 N–H and O–H groups in total. The van der Waals surface area contributed by atoms with Crippen LogP contribution >= 0.6 is 12.4 Å². The molecule has 1 atom stereocenters. The Kier molecular flexibility index (Phi) is 6.62. The van der Waals surface area contributed by atoms with E-state index in [1.54, 1.807) is 6.20 Å². The molecule has 5 nitrogen and oxygen atoms in total. The molecule has 2 aromatic rings. The van der Waals surface area contributed by atoms with Gasteiger partial charge < -0.3 is 15.4 Å². The number of rotatable bonds is 6. The maximum atomic E-state index is 11.8.